The van der Waals surface area contributed by atoms with Crippen LogP contribution in [0, 0.1) is 0 Å². The number of nitrogens with one attached hydrogen (secondary N) is 1. The van der Waals surface area contributed by atoms with E-state index in [1.54, 1.807) is 11.8 Å². The standard InChI is InChI=1S/C15H12ClNOS/c16-11-6-2-1-5-10(11)9-14-15(18)17-12-7-3-4-8-13(12)19-14/h1-8,14H,9H2,(H,17,18). The number of thioether (sulfide) groups is 1. The summed E-state index contributed by atoms with van der Waals surface area (Å²) in [6.07, 6.45) is 0.643. The van der Waals surface area contributed by atoms with Gasteiger partial charge in [-0.05, 0) is 30.2 Å². The van der Waals surface area contributed by atoms with Crippen LogP contribution in [0.25, 0.3) is 0 Å². The first kappa shape index (κ1) is 12.6. The van der Waals surface area contributed by atoms with Gasteiger partial charge in [-0.15, -0.1) is 11.8 Å². The third-order valence-electron chi connectivity index (χ3n) is 3.07. The lowest BCUT2D eigenvalue weighted by molar-refractivity contribution is -0.115. The van der Waals surface area contributed by atoms with Crippen LogP contribution in [0.2, 0.25) is 5.02 Å². The van der Waals surface area contributed by atoms with Crippen molar-refractivity contribution in [3.63, 3.8) is 0 Å². The maximum atomic E-state index is 12.1. The topological polar surface area (TPSA) is 29.1 Å². The van der Waals surface area contributed by atoms with Crippen molar-refractivity contribution in [3.8, 4) is 0 Å². The lowest BCUT2D eigenvalue weighted by Gasteiger charge is -2.24. The molecule has 0 aliphatic carbocycles. The minimum Gasteiger partial charge on any atom is -0.324 e. The van der Waals surface area contributed by atoms with Crippen molar-refractivity contribution in [1.82, 2.24) is 0 Å². The molecular weight excluding hydrogens is 278 g/mol. The van der Waals surface area contributed by atoms with Crippen LogP contribution < -0.4 is 5.32 Å². The lowest BCUT2D eigenvalue weighted by atomic mass is 10.1. The Bertz CT molecular complexity index is 629. The predicted octanol–water partition coefficient (Wildman–Crippen LogP) is 4.00. The number of hydrogen-bond acceptors (Lipinski definition) is 2. The Morgan fingerprint density at radius 3 is 2.68 bits per heavy atom. The normalized spacial score (nSPS) is 17.7. The highest BCUT2D eigenvalue weighted by molar-refractivity contribution is 8.01. The maximum absolute atomic E-state index is 12.1. The molecule has 4 heteroatoms. The van der Waals surface area contributed by atoms with Gasteiger partial charge in [0, 0.05) is 9.92 Å². The summed E-state index contributed by atoms with van der Waals surface area (Å²) in [7, 11) is 0. The summed E-state index contributed by atoms with van der Waals surface area (Å²) in [5, 5.41) is 3.53. The molecule has 0 bridgehead atoms. The number of amides is 1. The van der Waals surface area contributed by atoms with Crippen LogP contribution in [-0.2, 0) is 11.2 Å². The summed E-state index contributed by atoms with van der Waals surface area (Å²) < 4.78 is 0. The molecule has 1 atom stereocenters. The number of anilines is 1. The zero-order chi connectivity index (χ0) is 13.2. The van der Waals surface area contributed by atoms with Gasteiger partial charge in [-0.3, -0.25) is 4.79 Å². The predicted molar refractivity (Wildman–Crippen MR) is 79.9 cm³/mol. The van der Waals surface area contributed by atoms with E-state index in [0.717, 1.165) is 21.2 Å². The van der Waals surface area contributed by atoms with E-state index >= 15 is 0 Å². The minimum absolute atomic E-state index is 0.0450. The van der Waals surface area contributed by atoms with E-state index in [-0.39, 0.29) is 11.2 Å². The summed E-state index contributed by atoms with van der Waals surface area (Å²) in [5.41, 5.74) is 1.91. The molecule has 1 N–H and O–H groups in total. The lowest BCUT2D eigenvalue weighted by Crippen LogP contribution is -2.30. The summed E-state index contributed by atoms with van der Waals surface area (Å²) in [6, 6.07) is 15.5. The highest BCUT2D eigenvalue weighted by Gasteiger charge is 2.27. The first-order valence-corrected chi connectivity index (χ1v) is 7.30. The van der Waals surface area contributed by atoms with Gasteiger partial charge in [-0.1, -0.05) is 41.9 Å². The van der Waals surface area contributed by atoms with Gasteiger partial charge in [-0.2, -0.15) is 0 Å². The number of fused-ring (bicyclic) bond motifs is 1. The molecule has 0 spiro atoms. The summed E-state index contributed by atoms with van der Waals surface area (Å²) in [4.78, 5) is 13.2. The zero-order valence-corrected chi connectivity index (χ0v) is 11.7. The third-order valence-corrected chi connectivity index (χ3v) is 4.71. The Labute approximate surface area is 121 Å². The Morgan fingerprint density at radius 2 is 1.84 bits per heavy atom. The van der Waals surface area contributed by atoms with E-state index in [1.165, 1.54) is 0 Å². The molecular formula is C15H12ClNOS. The maximum Gasteiger partial charge on any atom is 0.238 e. The molecule has 1 heterocycles. The van der Waals surface area contributed by atoms with Crippen LogP contribution in [0.5, 0.6) is 0 Å². The first-order chi connectivity index (χ1) is 9.24. The van der Waals surface area contributed by atoms with Gasteiger partial charge in [0.2, 0.25) is 5.91 Å². The molecule has 2 nitrogen and oxygen atoms in total. The van der Waals surface area contributed by atoms with E-state index < -0.39 is 0 Å². The van der Waals surface area contributed by atoms with Crippen LogP contribution in [0.1, 0.15) is 5.56 Å². The van der Waals surface area contributed by atoms with Crippen LogP contribution in [0.15, 0.2) is 53.4 Å². The van der Waals surface area contributed by atoms with E-state index in [1.807, 2.05) is 48.5 Å². The van der Waals surface area contributed by atoms with Crippen LogP contribution >= 0.6 is 23.4 Å². The second-order valence-electron chi connectivity index (χ2n) is 4.39. The fourth-order valence-corrected chi connectivity index (χ4v) is 3.44. The number of para-hydroxylation sites is 1. The molecule has 0 saturated heterocycles. The molecule has 0 radical (unpaired) electrons. The van der Waals surface area contributed by atoms with Crippen LogP contribution in [0.4, 0.5) is 5.69 Å². The van der Waals surface area contributed by atoms with Crippen molar-refractivity contribution in [2.75, 3.05) is 5.32 Å². The Kier molecular flexibility index (Phi) is 3.49. The average molecular weight is 290 g/mol. The van der Waals surface area contributed by atoms with Gasteiger partial charge >= 0.3 is 0 Å². The van der Waals surface area contributed by atoms with E-state index in [2.05, 4.69) is 5.32 Å². The van der Waals surface area contributed by atoms with Crippen LogP contribution in [-0.4, -0.2) is 11.2 Å². The summed E-state index contributed by atoms with van der Waals surface area (Å²) >= 11 is 7.75. The van der Waals surface area contributed by atoms with Gasteiger partial charge in [0.25, 0.3) is 0 Å². The Morgan fingerprint density at radius 1 is 1.11 bits per heavy atom. The quantitative estimate of drug-likeness (QED) is 0.905. The van der Waals surface area contributed by atoms with Gasteiger partial charge in [0.1, 0.15) is 0 Å². The summed E-state index contributed by atoms with van der Waals surface area (Å²) in [5.74, 6) is 0.0450. The molecule has 2 aromatic rings. The van der Waals surface area contributed by atoms with Gasteiger partial charge in [0.15, 0.2) is 0 Å². The first-order valence-electron chi connectivity index (χ1n) is 6.04. The number of rotatable bonds is 2. The molecule has 2 aromatic carbocycles. The van der Waals surface area contributed by atoms with Crippen molar-refractivity contribution < 1.29 is 4.79 Å². The van der Waals surface area contributed by atoms with Crippen molar-refractivity contribution >= 4 is 35.0 Å². The minimum atomic E-state index is -0.130. The molecule has 19 heavy (non-hydrogen) atoms. The fraction of sp³-hybridized carbons (Fsp3) is 0.133. The van der Waals surface area contributed by atoms with Crippen molar-refractivity contribution in [3.05, 3.63) is 59.1 Å². The Hall–Kier alpha value is -1.45. The van der Waals surface area contributed by atoms with E-state index in [0.29, 0.717) is 6.42 Å². The van der Waals surface area contributed by atoms with Crippen molar-refractivity contribution in [2.45, 2.75) is 16.6 Å². The zero-order valence-electron chi connectivity index (χ0n) is 10.1. The molecule has 3 rings (SSSR count). The monoisotopic (exact) mass is 289 g/mol. The largest absolute Gasteiger partial charge is 0.324 e. The highest BCUT2D eigenvalue weighted by atomic mass is 35.5. The van der Waals surface area contributed by atoms with Crippen molar-refractivity contribution in [1.29, 1.82) is 0 Å². The number of hydrogen-bond donors (Lipinski definition) is 1. The van der Waals surface area contributed by atoms with Crippen LogP contribution in [0.3, 0.4) is 0 Å². The van der Waals surface area contributed by atoms with Gasteiger partial charge in [0.05, 0.1) is 10.9 Å². The average Bonchev–Trinajstić information content (AvgIpc) is 2.42. The van der Waals surface area contributed by atoms with Gasteiger partial charge < -0.3 is 5.32 Å². The SMILES string of the molecule is O=C1Nc2ccccc2SC1Cc1ccccc1Cl. The molecule has 0 aromatic heterocycles. The van der Waals surface area contributed by atoms with E-state index in [4.69, 9.17) is 11.6 Å². The summed E-state index contributed by atoms with van der Waals surface area (Å²) in [6.45, 7) is 0. The second-order valence-corrected chi connectivity index (χ2v) is 6.04. The number of halogens is 1. The smallest absolute Gasteiger partial charge is 0.238 e. The van der Waals surface area contributed by atoms with Crippen molar-refractivity contribution in [2.24, 2.45) is 0 Å². The molecule has 0 saturated carbocycles. The molecule has 1 unspecified atom stereocenters. The second kappa shape index (κ2) is 5.27. The molecule has 1 aliphatic rings. The third kappa shape index (κ3) is 2.62. The fourth-order valence-electron chi connectivity index (χ4n) is 2.09. The molecule has 1 amide bonds. The van der Waals surface area contributed by atoms with Gasteiger partial charge in [-0.25, -0.2) is 0 Å². The highest BCUT2D eigenvalue weighted by Crippen LogP contribution is 2.37. The molecule has 96 valence electrons. The number of carbonyl (C=O) groups excluding carboxylic acids is 1. The van der Waals surface area contributed by atoms with E-state index in [9.17, 15) is 4.79 Å². The molecule has 0 fully saturated rings. The number of benzene rings is 2. The molecule has 1 aliphatic heterocycles. The number of carbonyl (C=O) groups is 1. The Balaban J connectivity index is 1.84.